The van der Waals surface area contributed by atoms with Crippen LogP contribution in [0.3, 0.4) is 0 Å². The number of carbonyl (C=O) groups excluding carboxylic acids is 1. The van der Waals surface area contributed by atoms with Gasteiger partial charge in [-0.15, -0.1) is 21.5 Å². The molecular weight excluding hydrogens is 306 g/mol. The van der Waals surface area contributed by atoms with E-state index < -0.39 is 0 Å². The molecule has 0 aliphatic heterocycles. The van der Waals surface area contributed by atoms with Gasteiger partial charge in [0, 0.05) is 6.54 Å². The van der Waals surface area contributed by atoms with Crippen LogP contribution in [0.15, 0.2) is 22.7 Å². The van der Waals surface area contributed by atoms with E-state index in [0.29, 0.717) is 23.4 Å². The van der Waals surface area contributed by atoms with Crippen LogP contribution in [-0.4, -0.2) is 33.1 Å². The highest BCUT2D eigenvalue weighted by atomic mass is 32.2. The van der Waals surface area contributed by atoms with Crippen molar-refractivity contribution in [2.45, 2.75) is 25.4 Å². The molecule has 2 rings (SSSR count). The van der Waals surface area contributed by atoms with E-state index in [9.17, 15) is 4.79 Å². The first-order chi connectivity index (χ1) is 10.1. The summed E-state index contributed by atoms with van der Waals surface area (Å²) in [6.07, 6.45) is 0.978. The van der Waals surface area contributed by atoms with Gasteiger partial charge in [0.1, 0.15) is 0 Å². The monoisotopic (exact) mass is 325 g/mol. The number of carbonyl (C=O) groups is 1. The minimum atomic E-state index is -0.0127. The second-order valence-corrected chi connectivity index (χ2v) is 6.86. The van der Waals surface area contributed by atoms with Crippen molar-refractivity contribution in [3.8, 4) is 10.7 Å². The summed E-state index contributed by atoms with van der Waals surface area (Å²) in [5.41, 5.74) is 0. The predicted molar refractivity (Wildman–Crippen MR) is 86.7 cm³/mol. The minimum absolute atomic E-state index is 0.0127. The Labute approximate surface area is 132 Å². The molecule has 0 spiro atoms. The molecule has 21 heavy (non-hydrogen) atoms. The number of hydrogen-bond acceptors (Lipinski definition) is 6. The minimum Gasteiger partial charge on any atom is -0.355 e. The van der Waals surface area contributed by atoms with Crippen molar-refractivity contribution < 1.29 is 4.79 Å². The molecule has 0 aliphatic rings. The summed E-state index contributed by atoms with van der Waals surface area (Å²) in [5, 5.41) is 13.5. The number of aromatic nitrogens is 3. The van der Waals surface area contributed by atoms with Gasteiger partial charge in [-0.1, -0.05) is 31.7 Å². The summed E-state index contributed by atoms with van der Waals surface area (Å²) in [4.78, 5) is 12.7. The molecule has 0 aliphatic carbocycles. The van der Waals surface area contributed by atoms with Crippen molar-refractivity contribution in [3.05, 3.63) is 17.5 Å². The molecule has 114 valence electrons. The Morgan fingerprint density at radius 1 is 1.52 bits per heavy atom. The molecule has 0 aromatic carbocycles. The SMILES string of the molecule is CC(C)CCNC(=O)CSc1nnc(-c2cccs2)n1N. The molecule has 0 bridgehead atoms. The van der Waals surface area contributed by atoms with Crippen LogP contribution in [0.2, 0.25) is 0 Å². The molecule has 0 fully saturated rings. The van der Waals surface area contributed by atoms with E-state index >= 15 is 0 Å². The Morgan fingerprint density at radius 3 is 3.00 bits per heavy atom. The molecule has 2 aromatic rings. The van der Waals surface area contributed by atoms with Crippen molar-refractivity contribution in [1.82, 2.24) is 20.2 Å². The van der Waals surface area contributed by atoms with Gasteiger partial charge in [0.15, 0.2) is 5.82 Å². The van der Waals surface area contributed by atoms with E-state index in [1.807, 2.05) is 17.5 Å². The maximum atomic E-state index is 11.7. The number of nitrogens with two attached hydrogens (primary N) is 1. The van der Waals surface area contributed by atoms with E-state index in [-0.39, 0.29) is 11.7 Å². The summed E-state index contributed by atoms with van der Waals surface area (Å²) in [5.74, 6) is 7.44. The van der Waals surface area contributed by atoms with Gasteiger partial charge in [-0.05, 0) is 23.8 Å². The largest absolute Gasteiger partial charge is 0.355 e. The Bertz CT molecular complexity index is 579. The van der Waals surface area contributed by atoms with E-state index in [1.54, 1.807) is 11.3 Å². The lowest BCUT2D eigenvalue weighted by Gasteiger charge is -2.06. The van der Waals surface area contributed by atoms with E-state index in [0.717, 1.165) is 11.3 Å². The van der Waals surface area contributed by atoms with E-state index in [4.69, 9.17) is 5.84 Å². The molecule has 0 saturated carbocycles. The third kappa shape index (κ3) is 4.47. The average Bonchev–Trinajstić information content (AvgIpc) is 3.05. The first-order valence-electron chi connectivity index (χ1n) is 6.71. The normalized spacial score (nSPS) is 11.0. The first kappa shape index (κ1) is 15.8. The van der Waals surface area contributed by atoms with Crippen LogP contribution in [0, 0.1) is 5.92 Å². The summed E-state index contributed by atoms with van der Waals surface area (Å²) >= 11 is 2.84. The van der Waals surface area contributed by atoms with Gasteiger partial charge in [0.25, 0.3) is 0 Å². The van der Waals surface area contributed by atoms with Crippen molar-refractivity contribution in [3.63, 3.8) is 0 Å². The van der Waals surface area contributed by atoms with Crippen LogP contribution in [0.1, 0.15) is 20.3 Å². The summed E-state index contributed by atoms with van der Waals surface area (Å²) in [7, 11) is 0. The van der Waals surface area contributed by atoms with Crippen molar-refractivity contribution in [2.75, 3.05) is 18.1 Å². The number of nitrogens with zero attached hydrogens (tertiary/aromatic N) is 3. The van der Waals surface area contributed by atoms with Crippen LogP contribution >= 0.6 is 23.1 Å². The van der Waals surface area contributed by atoms with Gasteiger partial charge >= 0.3 is 0 Å². The molecule has 0 radical (unpaired) electrons. The highest BCUT2D eigenvalue weighted by Gasteiger charge is 2.14. The molecule has 0 atom stereocenters. The second-order valence-electron chi connectivity index (χ2n) is 4.97. The molecule has 3 N–H and O–H groups in total. The maximum absolute atomic E-state index is 11.7. The average molecular weight is 325 g/mol. The number of thiophene rings is 1. The Morgan fingerprint density at radius 2 is 2.33 bits per heavy atom. The van der Waals surface area contributed by atoms with Crippen LogP contribution in [0.25, 0.3) is 10.7 Å². The van der Waals surface area contributed by atoms with E-state index in [1.165, 1.54) is 16.4 Å². The molecular formula is C13H19N5OS2. The van der Waals surface area contributed by atoms with Crippen LogP contribution in [-0.2, 0) is 4.79 Å². The summed E-state index contributed by atoms with van der Waals surface area (Å²) in [6.45, 7) is 4.96. The predicted octanol–water partition coefficient (Wildman–Crippen LogP) is 1.97. The fourth-order valence-electron chi connectivity index (χ4n) is 1.63. The molecule has 2 aromatic heterocycles. The highest BCUT2D eigenvalue weighted by Crippen LogP contribution is 2.24. The maximum Gasteiger partial charge on any atom is 0.230 e. The zero-order valence-electron chi connectivity index (χ0n) is 12.1. The highest BCUT2D eigenvalue weighted by molar-refractivity contribution is 7.99. The number of nitrogen functional groups attached to an aromatic ring is 1. The topological polar surface area (TPSA) is 85.8 Å². The van der Waals surface area contributed by atoms with Crippen LogP contribution in [0.4, 0.5) is 0 Å². The smallest absolute Gasteiger partial charge is 0.230 e. The summed E-state index contributed by atoms with van der Waals surface area (Å²) in [6, 6.07) is 3.87. The fourth-order valence-corrected chi connectivity index (χ4v) is 3.02. The third-order valence-corrected chi connectivity index (χ3v) is 4.59. The van der Waals surface area contributed by atoms with Crippen LogP contribution in [0.5, 0.6) is 0 Å². The Balaban J connectivity index is 1.85. The third-order valence-electron chi connectivity index (χ3n) is 2.78. The zero-order valence-corrected chi connectivity index (χ0v) is 13.7. The van der Waals surface area contributed by atoms with Crippen molar-refractivity contribution in [1.29, 1.82) is 0 Å². The van der Waals surface area contributed by atoms with Crippen LogP contribution < -0.4 is 11.2 Å². The lowest BCUT2D eigenvalue weighted by Crippen LogP contribution is -2.27. The Kier molecular flexibility index (Phi) is 5.63. The lowest BCUT2D eigenvalue weighted by atomic mass is 10.1. The van der Waals surface area contributed by atoms with Crippen molar-refractivity contribution >= 4 is 29.0 Å². The number of hydrogen-bond donors (Lipinski definition) is 2. The van der Waals surface area contributed by atoms with Gasteiger partial charge in [0.05, 0.1) is 10.6 Å². The standard InChI is InChI=1S/C13H19N5OS2/c1-9(2)5-6-15-11(19)8-21-13-17-16-12(18(13)14)10-4-3-7-20-10/h3-4,7,9H,5-6,8,14H2,1-2H3,(H,15,19). The Hall–Kier alpha value is -1.54. The molecule has 0 saturated heterocycles. The van der Waals surface area contributed by atoms with Gasteiger partial charge in [-0.2, -0.15) is 0 Å². The second kappa shape index (κ2) is 7.46. The molecule has 0 unspecified atom stereocenters. The molecule has 6 nitrogen and oxygen atoms in total. The van der Waals surface area contributed by atoms with Gasteiger partial charge in [0.2, 0.25) is 11.1 Å². The number of rotatable bonds is 7. The lowest BCUT2D eigenvalue weighted by molar-refractivity contribution is -0.118. The number of thioether (sulfide) groups is 1. The van der Waals surface area contributed by atoms with Gasteiger partial charge in [-0.25, -0.2) is 4.68 Å². The van der Waals surface area contributed by atoms with Gasteiger partial charge in [-0.3, -0.25) is 4.79 Å². The molecule has 1 amide bonds. The fraction of sp³-hybridized carbons (Fsp3) is 0.462. The number of amides is 1. The van der Waals surface area contributed by atoms with Crippen molar-refractivity contribution in [2.24, 2.45) is 5.92 Å². The van der Waals surface area contributed by atoms with E-state index in [2.05, 4.69) is 29.4 Å². The summed E-state index contributed by atoms with van der Waals surface area (Å²) < 4.78 is 1.43. The number of nitrogens with one attached hydrogen (secondary N) is 1. The quantitative estimate of drug-likeness (QED) is 0.600. The van der Waals surface area contributed by atoms with Gasteiger partial charge < -0.3 is 11.2 Å². The molecule has 2 heterocycles. The zero-order chi connectivity index (χ0) is 15.2. The first-order valence-corrected chi connectivity index (χ1v) is 8.58. The molecule has 8 heteroatoms.